The van der Waals surface area contributed by atoms with Crippen molar-refractivity contribution in [2.24, 2.45) is 0 Å². The Hall–Kier alpha value is -5.28. The van der Waals surface area contributed by atoms with E-state index in [4.69, 9.17) is 37.9 Å². The first-order chi connectivity index (χ1) is 26.6. The third-order valence-corrected chi connectivity index (χ3v) is 9.22. The third-order valence-electron chi connectivity index (χ3n) is 8.17. The van der Waals surface area contributed by atoms with Gasteiger partial charge in [0.25, 0.3) is 0 Å². The van der Waals surface area contributed by atoms with Crippen molar-refractivity contribution in [1.82, 2.24) is 0 Å². The van der Waals surface area contributed by atoms with Crippen molar-refractivity contribution in [2.45, 2.75) is 30.7 Å². The summed E-state index contributed by atoms with van der Waals surface area (Å²) >= 11 is 6.69. The molecule has 0 spiro atoms. The van der Waals surface area contributed by atoms with Gasteiger partial charge in [0.05, 0.1) is 25.3 Å². The molecule has 4 aromatic carbocycles. The van der Waals surface area contributed by atoms with Crippen LogP contribution in [0.3, 0.4) is 0 Å². The zero-order valence-corrected chi connectivity index (χ0v) is 33.0. The first kappa shape index (κ1) is 40.9. The van der Waals surface area contributed by atoms with E-state index in [1.807, 2.05) is 0 Å². The van der Waals surface area contributed by atoms with Gasteiger partial charge in [-0.15, -0.1) is 0 Å². The topological polar surface area (TPSA) is 142 Å². The van der Waals surface area contributed by atoms with Crippen LogP contribution in [-0.2, 0) is 38.0 Å². The summed E-state index contributed by atoms with van der Waals surface area (Å²) in [7, 11) is 4.38. The maximum atomic E-state index is 13.7. The second kappa shape index (κ2) is 19.9. The van der Waals surface area contributed by atoms with Gasteiger partial charge in [0.15, 0.2) is 24.6 Å². The molecule has 5 atom stereocenters. The minimum Gasteiger partial charge on any atom is -0.497 e. The van der Waals surface area contributed by atoms with Crippen LogP contribution in [-0.4, -0.2) is 82.5 Å². The number of ether oxygens (including phenoxy) is 8. The van der Waals surface area contributed by atoms with Gasteiger partial charge in [-0.25, -0.2) is 19.2 Å². The molecule has 4 aromatic rings. The Kier molecular flexibility index (Phi) is 14.8. The maximum Gasteiger partial charge on any atom is 0.338 e. The van der Waals surface area contributed by atoms with Crippen molar-refractivity contribution in [2.75, 3.05) is 27.9 Å². The van der Waals surface area contributed by atoms with Crippen molar-refractivity contribution in [3.63, 3.8) is 0 Å². The van der Waals surface area contributed by atoms with Crippen molar-refractivity contribution in [3.8, 4) is 11.5 Å². The molecule has 286 valence electrons. The fourth-order valence-corrected chi connectivity index (χ4v) is 5.83. The number of carbonyl (C=O) groups is 4. The average molecular weight is 881 g/mol. The second-order valence-electron chi connectivity index (χ2n) is 11.8. The molecule has 0 amide bonds. The van der Waals surface area contributed by atoms with Crippen LogP contribution in [0.15, 0.2) is 118 Å². The summed E-state index contributed by atoms with van der Waals surface area (Å²) in [5.41, 5.74) is 1.69. The highest BCUT2D eigenvalue weighted by Gasteiger charge is 2.53. The molecule has 1 fully saturated rings. The van der Waals surface area contributed by atoms with Crippen LogP contribution in [0.2, 0.25) is 0 Å². The molecule has 55 heavy (non-hydrogen) atoms. The molecule has 1 aliphatic heterocycles. The van der Waals surface area contributed by atoms with Crippen molar-refractivity contribution >= 4 is 67.9 Å². The van der Waals surface area contributed by atoms with Crippen LogP contribution in [0.25, 0.3) is 12.2 Å². The van der Waals surface area contributed by atoms with Gasteiger partial charge < -0.3 is 37.9 Å². The zero-order chi connectivity index (χ0) is 39.3. The van der Waals surface area contributed by atoms with Gasteiger partial charge in [-0.05, 0) is 96.1 Å². The highest BCUT2D eigenvalue weighted by atomic mass is 79.9. The molecule has 0 radical (unpaired) electrons. The third kappa shape index (κ3) is 11.6. The van der Waals surface area contributed by atoms with Gasteiger partial charge in [-0.3, -0.25) is 0 Å². The summed E-state index contributed by atoms with van der Waals surface area (Å²) < 4.78 is 46.9. The molecule has 12 nitrogen and oxygen atoms in total. The van der Waals surface area contributed by atoms with E-state index in [1.54, 1.807) is 86.0 Å². The van der Waals surface area contributed by atoms with Crippen LogP contribution < -0.4 is 9.47 Å². The van der Waals surface area contributed by atoms with Crippen LogP contribution in [0.1, 0.15) is 31.8 Å². The molecule has 1 saturated heterocycles. The summed E-state index contributed by atoms with van der Waals surface area (Å²) in [4.78, 5) is 53.5. The number of hydrogen-bond acceptors (Lipinski definition) is 12. The van der Waals surface area contributed by atoms with Crippen LogP contribution in [0.4, 0.5) is 0 Å². The number of rotatable bonds is 14. The Morgan fingerprint density at radius 3 is 1.49 bits per heavy atom. The summed E-state index contributed by atoms with van der Waals surface area (Å²) in [6.07, 6.45) is -1.68. The van der Waals surface area contributed by atoms with E-state index < -0.39 is 61.2 Å². The fraction of sp³-hybridized carbons (Fsp3) is 0.220. The molecule has 1 aliphatic rings. The summed E-state index contributed by atoms with van der Waals surface area (Å²) in [5, 5.41) is 0. The lowest BCUT2D eigenvalue weighted by Gasteiger charge is -2.43. The maximum absolute atomic E-state index is 13.7. The summed E-state index contributed by atoms with van der Waals surface area (Å²) in [6.45, 7) is -0.481. The average Bonchev–Trinajstić information content (AvgIpc) is 3.20. The predicted molar refractivity (Wildman–Crippen MR) is 207 cm³/mol. The van der Waals surface area contributed by atoms with Crippen LogP contribution in [0, 0.1) is 0 Å². The van der Waals surface area contributed by atoms with E-state index >= 15 is 0 Å². The SMILES string of the molecule is COc1ccc(/C=C/C(=O)OC[C@H]2O[C@@H](OC)[C@H](OC(=O)c3ccc(Br)cc3)[C@@H](OC(=O)c3ccc(Br)cc3)[C@@H]2OC(=O)/C=C/c2ccc(OC)cc2)cc1. The van der Waals surface area contributed by atoms with E-state index in [-0.39, 0.29) is 11.1 Å². The second-order valence-corrected chi connectivity index (χ2v) is 13.6. The molecule has 0 aromatic heterocycles. The first-order valence-electron chi connectivity index (χ1n) is 16.7. The lowest BCUT2D eigenvalue weighted by molar-refractivity contribution is -0.295. The molecule has 0 saturated carbocycles. The van der Waals surface area contributed by atoms with Crippen LogP contribution >= 0.6 is 31.9 Å². The van der Waals surface area contributed by atoms with Gasteiger partial charge in [0, 0.05) is 28.2 Å². The Labute approximate surface area is 334 Å². The molecule has 14 heteroatoms. The van der Waals surface area contributed by atoms with Crippen molar-refractivity contribution < 1.29 is 57.1 Å². The summed E-state index contributed by atoms with van der Waals surface area (Å²) in [6, 6.07) is 26.6. The molecular weight excluding hydrogens is 844 g/mol. The summed E-state index contributed by atoms with van der Waals surface area (Å²) in [5.74, 6) is -1.96. The molecule has 1 heterocycles. The van der Waals surface area contributed by atoms with E-state index in [2.05, 4.69) is 31.9 Å². The van der Waals surface area contributed by atoms with E-state index in [9.17, 15) is 19.2 Å². The lowest BCUT2D eigenvalue weighted by Crippen LogP contribution is -2.63. The molecule has 0 unspecified atom stereocenters. The predicted octanol–water partition coefficient (Wildman–Crippen LogP) is 7.23. The van der Waals surface area contributed by atoms with E-state index in [0.717, 1.165) is 4.47 Å². The largest absolute Gasteiger partial charge is 0.497 e. The van der Waals surface area contributed by atoms with Crippen molar-refractivity contribution in [3.05, 3.63) is 140 Å². The van der Waals surface area contributed by atoms with Crippen molar-refractivity contribution in [1.29, 1.82) is 0 Å². The lowest BCUT2D eigenvalue weighted by atomic mass is 9.97. The molecule has 5 rings (SSSR count). The zero-order valence-electron chi connectivity index (χ0n) is 29.8. The highest BCUT2D eigenvalue weighted by molar-refractivity contribution is 9.10. The molecule has 0 aliphatic carbocycles. The van der Waals surface area contributed by atoms with E-state index in [0.29, 0.717) is 27.1 Å². The van der Waals surface area contributed by atoms with Gasteiger partial charge in [-0.2, -0.15) is 0 Å². The van der Waals surface area contributed by atoms with E-state index in [1.165, 1.54) is 56.7 Å². The Bertz CT molecular complexity index is 1980. The van der Waals surface area contributed by atoms with Crippen LogP contribution in [0.5, 0.6) is 11.5 Å². The number of benzene rings is 4. The number of carbonyl (C=O) groups excluding carboxylic acids is 4. The van der Waals surface area contributed by atoms with Gasteiger partial charge in [-0.1, -0.05) is 56.1 Å². The minimum absolute atomic E-state index is 0.151. The Morgan fingerprint density at radius 2 is 1.04 bits per heavy atom. The van der Waals surface area contributed by atoms with Gasteiger partial charge in [0.1, 0.15) is 24.2 Å². The smallest absolute Gasteiger partial charge is 0.338 e. The monoisotopic (exact) mass is 878 g/mol. The minimum atomic E-state index is -1.52. The Morgan fingerprint density at radius 1 is 0.582 bits per heavy atom. The normalized spacial score (nSPS) is 19.4. The Balaban J connectivity index is 1.46. The molecule has 0 N–H and O–H groups in total. The quantitative estimate of drug-likeness (QED) is 0.0717. The van der Waals surface area contributed by atoms with Gasteiger partial charge in [0.2, 0.25) is 0 Å². The van der Waals surface area contributed by atoms with Gasteiger partial charge >= 0.3 is 23.9 Å². The molecular formula is C41H36Br2O12. The first-order valence-corrected chi connectivity index (χ1v) is 18.3. The number of halogens is 2. The number of hydrogen-bond donors (Lipinski definition) is 0. The number of esters is 4. The standard InChI is InChI=1S/C41H36Br2O12/c1-48-31-18-4-25(5-19-31)8-22-34(44)51-24-33-36(53-35(45)23-9-26-6-20-32(49-2)21-7-26)37(54-39(46)27-10-14-29(42)15-11-27)38(41(50-3)52-33)55-40(47)28-12-16-30(43)17-13-28/h4-23,33,36-38,41H,24H2,1-3H3/b22-8+,23-9+/t33-,36-,37+,38-,41-/m1/s1. The number of methoxy groups -OCH3 is 3. The highest BCUT2D eigenvalue weighted by Crippen LogP contribution is 2.31. The molecule has 0 bridgehead atoms. The fourth-order valence-electron chi connectivity index (χ4n) is 5.30.